The van der Waals surface area contributed by atoms with E-state index in [2.05, 4.69) is 20.9 Å². The summed E-state index contributed by atoms with van der Waals surface area (Å²) in [7, 11) is 0. The predicted molar refractivity (Wildman–Crippen MR) is 111 cm³/mol. The molecule has 1 heterocycles. The second-order valence-corrected chi connectivity index (χ2v) is 7.17. The van der Waals surface area contributed by atoms with E-state index in [9.17, 15) is 9.59 Å². The van der Waals surface area contributed by atoms with Crippen LogP contribution in [-0.4, -0.2) is 46.3 Å². The summed E-state index contributed by atoms with van der Waals surface area (Å²) in [5, 5.41) is 13.7. The first-order chi connectivity index (χ1) is 14.6. The number of carbonyl (C=O) groups excluding carboxylic acids is 2. The number of nitrogens with zero attached hydrogens (tertiary/aromatic N) is 3. The Bertz CT molecular complexity index is 843. The maximum Gasteiger partial charge on any atom is 0.273 e. The van der Waals surface area contributed by atoms with Gasteiger partial charge in [-0.15, -0.1) is 5.10 Å². The standard InChI is InChI=1S/C21H29N5O4/c1-3-29-19(30-4-2)14-26-13-18(24-25-26)21(28)22-12-15-7-5-10-17(11-15)23-20(27)16-8-6-9-16/h5,7,10-11,13,16,19H,3-4,6,8-9,12,14H2,1-2H3,(H,22,28)(H,23,27). The van der Waals surface area contributed by atoms with Crippen LogP contribution in [0.5, 0.6) is 0 Å². The van der Waals surface area contributed by atoms with Crippen LogP contribution in [0.15, 0.2) is 30.5 Å². The number of hydrogen-bond donors (Lipinski definition) is 2. The van der Waals surface area contributed by atoms with E-state index in [0.29, 0.717) is 26.3 Å². The molecular weight excluding hydrogens is 386 g/mol. The summed E-state index contributed by atoms with van der Waals surface area (Å²) in [5.41, 5.74) is 1.84. The van der Waals surface area contributed by atoms with E-state index < -0.39 is 6.29 Å². The van der Waals surface area contributed by atoms with E-state index in [4.69, 9.17) is 9.47 Å². The number of amides is 2. The second kappa shape index (κ2) is 10.8. The Hall–Kier alpha value is -2.78. The van der Waals surface area contributed by atoms with Crippen molar-refractivity contribution in [3.63, 3.8) is 0 Å². The summed E-state index contributed by atoms with van der Waals surface area (Å²) in [4.78, 5) is 24.5. The van der Waals surface area contributed by atoms with E-state index in [1.54, 1.807) is 6.20 Å². The maximum atomic E-state index is 12.4. The van der Waals surface area contributed by atoms with Crippen molar-refractivity contribution in [1.82, 2.24) is 20.3 Å². The van der Waals surface area contributed by atoms with Crippen molar-refractivity contribution in [2.45, 2.75) is 52.5 Å². The van der Waals surface area contributed by atoms with E-state index in [1.165, 1.54) is 4.68 Å². The zero-order valence-electron chi connectivity index (χ0n) is 17.5. The fourth-order valence-corrected chi connectivity index (χ4v) is 3.12. The molecule has 1 aliphatic rings. The molecule has 9 nitrogen and oxygen atoms in total. The van der Waals surface area contributed by atoms with Gasteiger partial charge in [-0.3, -0.25) is 9.59 Å². The molecule has 1 aliphatic carbocycles. The fraction of sp³-hybridized carbons (Fsp3) is 0.524. The minimum absolute atomic E-state index is 0.0662. The Labute approximate surface area is 176 Å². The number of benzene rings is 1. The maximum absolute atomic E-state index is 12.4. The molecule has 0 spiro atoms. The van der Waals surface area contributed by atoms with Gasteiger partial charge in [0.1, 0.15) is 0 Å². The van der Waals surface area contributed by atoms with E-state index in [1.807, 2.05) is 38.1 Å². The normalized spacial score (nSPS) is 13.8. The van der Waals surface area contributed by atoms with Gasteiger partial charge in [-0.2, -0.15) is 0 Å². The third-order valence-corrected chi connectivity index (χ3v) is 4.94. The Balaban J connectivity index is 1.51. The zero-order valence-corrected chi connectivity index (χ0v) is 17.5. The average Bonchev–Trinajstić information content (AvgIpc) is 3.14. The molecule has 1 saturated carbocycles. The zero-order chi connectivity index (χ0) is 21.3. The number of carbonyl (C=O) groups is 2. The molecule has 0 atom stereocenters. The largest absolute Gasteiger partial charge is 0.351 e. The summed E-state index contributed by atoms with van der Waals surface area (Å²) in [6, 6.07) is 7.46. The molecule has 2 amide bonds. The van der Waals surface area contributed by atoms with Crippen LogP contribution in [0.1, 0.15) is 49.2 Å². The van der Waals surface area contributed by atoms with Crippen molar-refractivity contribution in [1.29, 1.82) is 0 Å². The average molecular weight is 415 g/mol. The third kappa shape index (κ3) is 6.11. The van der Waals surface area contributed by atoms with Crippen LogP contribution >= 0.6 is 0 Å². The SMILES string of the molecule is CCOC(Cn1cc(C(=O)NCc2cccc(NC(=O)C3CCC3)c2)nn1)OCC. The molecule has 2 N–H and O–H groups in total. The highest BCUT2D eigenvalue weighted by Gasteiger charge is 2.25. The van der Waals surface area contributed by atoms with Gasteiger partial charge in [-0.25, -0.2) is 4.68 Å². The first kappa shape index (κ1) is 21.9. The summed E-state index contributed by atoms with van der Waals surface area (Å²) in [6.45, 7) is 5.49. The van der Waals surface area contributed by atoms with Crippen LogP contribution < -0.4 is 10.6 Å². The van der Waals surface area contributed by atoms with Gasteiger partial charge in [0.15, 0.2) is 12.0 Å². The van der Waals surface area contributed by atoms with Gasteiger partial charge >= 0.3 is 0 Å². The van der Waals surface area contributed by atoms with Crippen molar-refractivity contribution in [2.24, 2.45) is 5.92 Å². The Morgan fingerprint density at radius 2 is 2.00 bits per heavy atom. The molecule has 3 rings (SSSR count). The molecule has 162 valence electrons. The Morgan fingerprint density at radius 3 is 2.67 bits per heavy atom. The molecule has 0 bridgehead atoms. The van der Waals surface area contributed by atoms with Crippen molar-refractivity contribution >= 4 is 17.5 Å². The van der Waals surface area contributed by atoms with Crippen molar-refractivity contribution in [3.8, 4) is 0 Å². The van der Waals surface area contributed by atoms with Gasteiger partial charge in [0, 0.05) is 31.4 Å². The number of nitrogens with one attached hydrogen (secondary N) is 2. The lowest BCUT2D eigenvalue weighted by Crippen LogP contribution is -2.28. The van der Waals surface area contributed by atoms with E-state index in [-0.39, 0.29) is 23.4 Å². The molecule has 0 radical (unpaired) electrons. The monoisotopic (exact) mass is 415 g/mol. The van der Waals surface area contributed by atoms with Gasteiger partial charge in [-0.1, -0.05) is 23.8 Å². The molecule has 0 aliphatic heterocycles. The highest BCUT2D eigenvalue weighted by molar-refractivity contribution is 5.93. The number of ether oxygens (including phenoxy) is 2. The smallest absolute Gasteiger partial charge is 0.273 e. The first-order valence-electron chi connectivity index (χ1n) is 10.4. The van der Waals surface area contributed by atoms with E-state index >= 15 is 0 Å². The predicted octanol–water partition coefficient (Wildman–Crippen LogP) is 2.35. The third-order valence-electron chi connectivity index (χ3n) is 4.94. The quantitative estimate of drug-likeness (QED) is 0.546. The van der Waals surface area contributed by atoms with Crippen LogP contribution in [0.2, 0.25) is 0 Å². The summed E-state index contributed by atoms with van der Waals surface area (Å²) < 4.78 is 12.5. The molecule has 0 unspecified atom stereocenters. The Morgan fingerprint density at radius 1 is 1.23 bits per heavy atom. The molecule has 1 fully saturated rings. The van der Waals surface area contributed by atoms with E-state index in [0.717, 1.165) is 30.5 Å². The van der Waals surface area contributed by atoms with Crippen molar-refractivity contribution in [3.05, 3.63) is 41.7 Å². The van der Waals surface area contributed by atoms with Crippen LogP contribution in [0.4, 0.5) is 5.69 Å². The highest BCUT2D eigenvalue weighted by Crippen LogP contribution is 2.27. The molecule has 1 aromatic heterocycles. The Kier molecular flexibility index (Phi) is 7.92. The molecule has 1 aromatic carbocycles. The lowest BCUT2D eigenvalue weighted by Gasteiger charge is -2.24. The summed E-state index contributed by atoms with van der Waals surface area (Å²) in [6.07, 6.45) is 4.16. The van der Waals surface area contributed by atoms with Gasteiger partial charge < -0.3 is 20.1 Å². The minimum Gasteiger partial charge on any atom is -0.351 e. The lowest BCUT2D eigenvalue weighted by atomic mass is 9.85. The second-order valence-electron chi connectivity index (χ2n) is 7.17. The first-order valence-corrected chi connectivity index (χ1v) is 10.4. The fourth-order valence-electron chi connectivity index (χ4n) is 3.12. The summed E-state index contributed by atoms with van der Waals surface area (Å²) in [5.74, 6) is -0.132. The molecule has 30 heavy (non-hydrogen) atoms. The topological polar surface area (TPSA) is 107 Å². The molecule has 0 saturated heterocycles. The molecule has 9 heteroatoms. The number of anilines is 1. The van der Waals surface area contributed by atoms with Crippen LogP contribution in [-0.2, 0) is 27.4 Å². The number of rotatable bonds is 11. The van der Waals surface area contributed by atoms with Gasteiger partial charge in [0.25, 0.3) is 5.91 Å². The van der Waals surface area contributed by atoms with Gasteiger partial charge in [-0.05, 0) is 44.4 Å². The lowest BCUT2D eigenvalue weighted by molar-refractivity contribution is -0.145. The number of aromatic nitrogens is 3. The molecular formula is C21H29N5O4. The highest BCUT2D eigenvalue weighted by atomic mass is 16.7. The molecule has 2 aromatic rings. The van der Waals surface area contributed by atoms with Crippen LogP contribution in [0.25, 0.3) is 0 Å². The van der Waals surface area contributed by atoms with Gasteiger partial charge in [0.2, 0.25) is 5.91 Å². The summed E-state index contributed by atoms with van der Waals surface area (Å²) >= 11 is 0. The number of hydrogen-bond acceptors (Lipinski definition) is 6. The van der Waals surface area contributed by atoms with Crippen LogP contribution in [0, 0.1) is 5.92 Å². The van der Waals surface area contributed by atoms with Crippen molar-refractivity contribution in [2.75, 3.05) is 18.5 Å². The van der Waals surface area contributed by atoms with Crippen molar-refractivity contribution < 1.29 is 19.1 Å². The van der Waals surface area contributed by atoms with Gasteiger partial charge in [0.05, 0.1) is 12.7 Å². The minimum atomic E-state index is -0.435. The van der Waals surface area contributed by atoms with Crippen LogP contribution in [0.3, 0.4) is 0 Å².